The van der Waals surface area contributed by atoms with Crippen LogP contribution in [0.1, 0.15) is 34.7 Å². The smallest absolute Gasteiger partial charge is 0.0960 e. The number of benzene rings is 3. The van der Waals surface area contributed by atoms with Gasteiger partial charge in [-0.05, 0) is 23.6 Å². The topological polar surface area (TPSA) is 38.0 Å². The number of hydrogen-bond donors (Lipinski definition) is 1. The van der Waals surface area contributed by atoms with Crippen molar-refractivity contribution < 1.29 is 5.11 Å². The molecule has 4 heteroatoms. The van der Waals surface area contributed by atoms with Gasteiger partial charge in [-0.3, -0.25) is 0 Å². The van der Waals surface area contributed by atoms with Gasteiger partial charge in [0.1, 0.15) is 0 Å². The van der Waals surface area contributed by atoms with Crippen molar-refractivity contribution >= 4 is 11.8 Å². The molecule has 0 aliphatic rings. The number of rotatable bonds is 7. The second-order valence-corrected chi connectivity index (χ2v) is 8.50. The summed E-state index contributed by atoms with van der Waals surface area (Å²) < 4.78 is 1.69. The first kappa shape index (κ1) is 19.5. The summed E-state index contributed by atoms with van der Waals surface area (Å²) in [7, 11) is 0. The fourth-order valence-electron chi connectivity index (χ4n) is 3.70. The summed E-state index contributed by atoms with van der Waals surface area (Å²) in [6.07, 6.45) is 3.72. The van der Waals surface area contributed by atoms with E-state index in [4.69, 9.17) is 0 Å². The Kier molecular flexibility index (Phi) is 5.84. The van der Waals surface area contributed by atoms with Gasteiger partial charge in [0.05, 0.1) is 28.7 Å². The lowest BCUT2D eigenvalue weighted by atomic mass is 9.84. The van der Waals surface area contributed by atoms with E-state index in [1.165, 1.54) is 16.7 Å². The van der Waals surface area contributed by atoms with Gasteiger partial charge in [0, 0.05) is 6.20 Å². The van der Waals surface area contributed by atoms with Crippen molar-refractivity contribution in [2.24, 2.45) is 0 Å². The molecule has 1 unspecified atom stereocenters. The predicted octanol–water partition coefficient (Wildman–Crippen LogP) is 5.62. The average molecular weight is 401 g/mol. The van der Waals surface area contributed by atoms with Gasteiger partial charge >= 0.3 is 0 Å². The molecule has 1 atom stereocenters. The SMILES string of the molecule is CC(SC(c1ccccc1)(c1ccccc1)c1ccccc1)n1cnc(CO)c1. The molecule has 146 valence electrons. The molecular weight excluding hydrogens is 376 g/mol. The lowest BCUT2D eigenvalue weighted by molar-refractivity contribution is 0.277. The van der Waals surface area contributed by atoms with Crippen LogP contribution in [0.5, 0.6) is 0 Å². The minimum absolute atomic E-state index is 0.0500. The van der Waals surface area contributed by atoms with Gasteiger partial charge in [0.2, 0.25) is 0 Å². The first-order valence-corrected chi connectivity index (χ1v) is 10.6. The Balaban J connectivity index is 1.90. The molecule has 1 N–H and O–H groups in total. The maximum atomic E-state index is 9.42. The van der Waals surface area contributed by atoms with Gasteiger partial charge < -0.3 is 9.67 Å². The van der Waals surface area contributed by atoms with Gasteiger partial charge in [0.25, 0.3) is 0 Å². The van der Waals surface area contributed by atoms with Gasteiger partial charge in [-0.15, -0.1) is 11.8 Å². The summed E-state index contributed by atoms with van der Waals surface area (Å²) in [5.74, 6) is 0. The lowest BCUT2D eigenvalue weighted by Gasteiger charge is -2.37. The minimum atomic E-state index is -0.382. The van der Waals surface area contributed by atoms with E-state index in [-0.39, 0.29) is 16.7 Å². The van der Waals surface area contributed by atoms with E-state index in [1.54, 1.807) is 6.33 Å². The van der Waals surface area contributed by atoms with Gasteiger partial charge in [-0.1, -0.05) is 91.0 Å². The molecule has 0 amide bonds. The minimum Gasteiger partial charge on any atom is -0.390 e. The van der Waals surface area contributed by atoms with Gasteiger partial charge in [-0.2, -0.15) is 0 Å². The largest absolute Gasteiger partial charge is 0.390 e. The molecule has 0 saturated carbocycles. The Labute approximate surface area is 176 Å². The number of aromatic nitrogens is 2. The van der Waals surface area contributed by atoms with Crippen LogP contribution in [0, 0.1) is 0 Å². The monoisotopic (exact) mass is 400 g/mol. The van der Waals surface area contributed by atoms with Crippen LogP contribution < -0.4 is 0 Å². The molecule has 0 radical (unpaired) electrons. The second-order valence-electron chi connectivity index (χ2n) is 6.97. The van der Waals surface area contributed by atoms with E-state index in [0.717, 1.165) is 0 Å². The Hall–Kier alpha value is -2.82. The fraction of sp³-hybridized carbons (Fsp3) is 0.160. The molecule has 1 heterocycles. The van der Waals surface area contributed by atoms with E-state index < -0.39 is 0 Å². The van der Waals surface area contributed by atoms with Crippen LogP contribution in [0.4, 0.5) is 0 Å². The van der Waals surface area contributed by atoms with Crippen molar-refractivity contribution in [3.05, 3.63) is 126 Å². The van der Waals surface area contributed by atoms with Crippen molar-refractivity contribution in [1.29, 1.82) is 0 Å². The van der Waals surface area contributed by atoms with Crippen LogP contribution in [0.2, 0.25) is 0 Å². The van der Waals surface area contributed by atoms with E-state index >= 15 is 0 Å². The van der Waals surface area contributed by atoms with Crippen molar-refractivity contribution in [3.63, 3.8) is 0 Å². The van der Waals surface area contributed by atoms with Crippen molar-refractivity contribution in [3.8, 4) is 0 Å². The Morgan fingerprint density at radius 3 is 1.66 bits per heavy atom. The molecular formula is C25H24N2OS. The van der Waals surface area contributed by atoms with Crippen LogP contribution >= 0.6 is 11.8 Å². The molecule has 0 saturated heterocycles. The van der Waals surface area contributed by atoms with Gasteiger partial charge in [0.15, 0.2) is 0 Å². The van der Waals surface area contributed by atoms with E-state index in [9.17, 15) is 5.11 Å². The normalized spacial score (nSPS) is 12.6. The summed E-state index contributed by atoms with van der Waals surface area (Å²) in [4.78, 5) is 4.30. The number of thioether (sulfide) groups is 1. The van der Waals surface area contributed by atoms with E-state index in [2.05, 4.69) is 107 Å². The third kappa shape index (κ3) is 3.86. The second kappa shape index (κ2) is 8.68. The molecule has 0 aliphatic carbocycles. The zero-order valence-corrected chi connectivity index (χ0v) is 17.2. The highest BCUT2D eigenvalue weighted by Gasteiger charge is 2.38. The first-order valence-electron chi connectivity index (χ1n) is 9.71. The van der Waals surface area contributed by atoms with Crippen molar-refractivity contribution in [2.75, 3.05) is 0 Å². The number of hydrogen-bond acceptors (Lipinski definition) is 3. The van der Waals surface area contributed by atoms with E-state index in [0.29, 0.717) is 5.69 Å². The summed E-state index contributed by atoms with van der Waals surface area (Å²) in [5.41, 5.74) is 4.38. The van der Waals surface area contributed by atoms with Crippen LogP contribution in [0.15, 0.2) is 104 Å². The first-order chi connectivity index (χ1) is 14.2. The summed E-state index contributed by atoms with van der Waals surface area (Å²) in [6, 6.07) is 32.0. The summed E-state index contributed by atoms with van der Waals surface area (Å²) >= 11 is 1.87. The number of aliphatic hydroxyl groups is 1. The molecule has 1 aromatic heterocycles. The van der Waals surface area contributed by atoms with Crippen LogP contribution in [0.25, 0.3) is 0 Å². The summed E-state index contributed by atoms with van der Waals surface area (Å²) in [6.45, 7) is 2.13. The number of aliphatic hydroxyl groups excluding tert-OH is 1. The zero-order valence-electron chi connectivity index (χ0n) is 16.3. The molecule has 3 aromatic carbocycles. The highest BCUT2D eigenvalue weighted by atomic mass is 32.2. The lowest BCUT2D eigenvalue weighted by Crippen LogP contribution is -2.27. The van der Waals surface area contributed by atoms with Crippen molar-refractivity contribution in [1.82, 2.24) is 9.55 Å². The third-order valence-electron chi connectivity index (χ3n) is 5.13. The molecule has 0 bridgehead atoms. The Morgan fingerprint density at radius 2 is 1.28 bits per heavy atom. The molecule has 4 aromatic rings. The van der Waals surface area contributed by atoms with E-state index in [1.807, 2.05) is 18.0 Å². The fourth-order valence-corrected chi connectivity index (χ4v) is 5.26. The maximum absolute atomic E-state index is 9.42. The van der Waals surface area contributed by atoms with Crippen molar-refractivity contribution in [2.45, 2.75) is 23.7 Å². The Bertz CT molecular complexity index is 935. The highest BCUT2D eigenvalue weighted by Crippen LogP contribution is 2.52. The van der Waals surface area contributed by atoms with Gasteiger partial charge in [-0.25, -0.2) is 4.98 Å². The Morgan fingerprint density at radius 1 is 0.828 bits per heavy atom. The average Bonchev–Trinajstić information content (AvgIpc) is 3.29. The third-order valence-corrected chi connectivity index (χ3v) is 6.77. The molecule has 3 nitrogen and oxygen atoms in total. The molecule has 4 rings (SSSR count). The molecule has 29 heavy (non-hydrogen) atoms. The standard InChI is InChI=1S/C25H24N2OS/c1-20(27-17-24(18-28)26-19-27)29-25(21-11-5-2-6-12-21,22-13-7-3-8-14-22)23-15-9-4-10-16-23/h2-17,19-20,28H,18H2,1H3. The molecule has 0 aliphatic heterocycles. The number of imidazole rings is 1. The number of nitrogens with zero attached hydrogens (tertiary/aromatic N) is 2. The highest BCUT2D eigenvalue weighted by molar-refractivity contribution is 8.00. The van der Waals surface area contributed by atoms with Crippen LogP contribution in [-0.2, 0) is 11.4 Å². The molecule has 0 fully saturated rings. The predicted molar refractivity (Wildman–Crippen MR) is 120 cm³/mol. The zero-order chi connectivity index (χ0) is 20.1. The van der Waals surface area contributed by atoms with Crippen LogP contribution in [-0.4, -0.2) is 14.7 Å². The van der Waals surface area contributed by atoms with Crippen LogP contribution in [0.3, 0.4) is 0 Å². The summed E-state index contributed by atoms with van der Waals surface area (Å²) in [5, 5.41) is 9.52. The maximum Gasteiger partial charge on any atom is 0.0960 e. The quantitative estimate of drug-likeness (QED) is 0.409. The molecule has 0 spiro atoms.